The third kappa shape index (κ3) is 8.63. The Balaban J connectivity index is 1.51. The monoisotopic (exact) mass is 788 g/mol. The minimum absolute atomic E-state index is 0.116. The summed E-state index contributed by atoms with van der Waals surface area (Å²) < 4.78 is 246. The fraction of sp³-hybridized carbons (Fsp3) is 0.394. The summed E-state index contributed by atoms with van der Waals surface area (Å²) in [7, 11) is 0. The van der Waals surface area contributed by atoms with Gasteiger partial charge in [0.2, 0.25) is 6.29 Å². The lowest BCUT2D eigenvalue weighted by Crippen LogP contribution is -2.53. The second-order valence-corrected chi connectivity index (χ2v) is 11.5. The zero-order valence-corrected chi connectivity index (χ0v) is 26.5. The molecule has 0 atom stereocenters. The summed E-state index contributed by atoms with van der Waals surface area (Å²) in [4.78, 5) is 0. The van der Waals surface area contributed by atoms with E-state index in [4.69, 9.17) is 9.47 Å². The summed E-state index contributed by atoms with van der Waals surface area (Å²) in [6.07, 6.45) is -8.45. The van der Waals surface area contributed by atoms with E-state index in [1.54, 1.807) is 19.1 Å². The average Bonchev–Trinajstić information content (AvgIpc) is 3.04. The summed E-state index contributed by atoms with van der Waals surface area (Å²) in [5, 5.41) is 0. The Morgan fingerprint density at radius 3 is 1.68 bits per heavy atom. The van der Waals surface area contributed by atoms with Gasteiger partial charge in [-0.1, -0.05) is 24.3 Å². The number of hydrogen-bond donors (Lipinski definition) is 0. The highest BCUT2D eigenvalue weighted by molar-refractivity contribution is 5.39. The normalized spacial score (nSPS) is 18.1. The van der Waals surface area contributed by atoms with Gasteiger partial charge >= 0.3 is 36.2 Å². The molecule has 0 unspecified atom stereocenters. The number of alkyl halides is 13. The van der Waals surface area contributed by atoms with Crippen LogP contribution in [0.3, 0.4) is 0 Å². The van der Waals surface area contributed by atoms with Crippen LogP contribution in [-0.4, -0.2) is 31.8 Å². The fourth-order valence-electron chi connectivity index (χ4n) is 4.99. The number of halogens is 16. The molecule has 1 fully saturated rings. The quantitative estimate of drug-likeness (QED) is 0.128. The zero-order valence-electron chi connectivity index (χ0n) is 26.5. The van der Waals surface area contributed by atoms with Crippen molar-refractivity contribution >= 4 is 0 Å². The molecule has 1 saturated heterocycles. The van der Waals surface area contributed by atoms with Crippen molar-refractivity contribution in [3.05, 3.63) is 106 Å². The van der Waals surface area contributed by atoms with Crippen LogP contribution in [0.4, 0.5) is 70.2 Å². The summed E-state index contributed by atoms with van der Waals surface area (Å²) in [5.74, 6) is -32.9. The Bertz CT molecular complexity index is 1740. The van der Waals surface area contributed by atoms with Crippen molar-refractivity contribution in [3.63, 3.8) is 0 Å². The molecule has 0 N–H and O–H groups in total. The molecular weight excluding hydrogens is 764 g/mol. The van der Waals surface area contributed by atoms with Crippen LogP contribution in [-0.2, 0) is 33.3 Å². The topological polar surface area (TPSA) is 36.9 Å². The third-order valence-corrected chi connectivity index (χ3v) is 7.73. The zero-order chi connectivity index (χ0) is 39.8. The van der Waals surface area contributed by atoms with Gasteiger partial charge in [-0.25, -0.2) is 13.2 Å². The average molecular weight is 789 g/mol. The van der Waals surface area contributed by atoms with Gasteiger partial charge in [0.25, 0.3) is 0 Å². The molecule has 4 rings (SSSR count). The Kier molecular flexibility index (Phi) is 11.7. The molecule has 292 valence electrons. The van der Waals surface area contributed by atoms with E-state index in [1.165, 1.54) is 0 Å². The van der Waals surface area contributed by atoms with Crippen LogP contribution in [0.25, 0.3) is 0 Å². The minimum Gasteiger partial charge on any atom is -0.429 e. The van der Waals surface area contributed by atoms with Gasteiger partial charge in [0.15, 0.2) is 11.6 Å². The maximum atomic E-state index is 14.9. The summed E-state index contributed by atoms with van der Waals surface area (Å²) in [6, 6.07) is -0.973. The molecule has 0 amide bonds. The molecular formula is C33H24F16O4. The van der Waals surface area contributed by atoms with E-state index >= 15 is 0 Å². The van der Waals surface area contributed by atoms with E-state index in [9.17, 15) is 70.2 Å². The first-order chi connectivity index (χ1) is 24.3. The Morgan fingerprint density at radius 1 is 0.642 bits per heavy atom. The molecule has 0 bridgehead atoms. The molecule has 3 aromatic rings. The second kappa shape index (κ2) is 14.9. The number of rotatable bonds is 13. The fourth-order valence-corrected chi connectivity index (χ4v) is 4.99. The lowest BCUT2D eigenvalue weighted by molar-refractivity contribution is -0.352. The molecule has 53 heavy (non-hydrogen) atoms. The van der Waals surface area contributed by atoms with Crippen molar-refractivity contribution in [1.82, 2.24) is 0 Å². The predicted octanol–water partition coefficient (Wildman–Crippen LogP) is 11.1. The van der Waals surface area contributed by atoms with Gasteiger partial charge in [0.05, 0.1) is 24.3 Å². The summed E-state index contributed by atoms with van der Waals surface area (Å²) in [5.41, 5.74) is -7.72. The first kappa shape index (κ1) is 41.6. The van der Waals surface area contributed by atoms with Crippen LogP contribution in [0, 0.1) is 23.4 Å². The molecule has 4 nitrogen and oxygen atoms in total. The molecule has 0 aliphatic carbocycles. The van der Waals surface area contributed by atoms with E-state index in [2.05, 4.69) is 9.47 Å². The van der Waals surface area contributed by atoms with Crippen molar-refractivity contribution in [2.24, 2.45) is 5.92 Å². The van der Waals surface area contributed by atoms with Crippen LogP contribution in [0.2, 0.25) is 0 Å². The van der Waals surface area contributed by atoms with Gasteiger partial charge in [-0.3, -0.25) is 0 Å². The summed E-state index contributed by atoms with van der Waals surface area (Å²) >= 11 is 0. The summed E-state index contributed by atoms with van der Waals surface area (Å²) in [6.45, 7) is 1.08. The van der Waals surface area contributed by atoms with Crippen molar-refractivity contribution in [3.8, 4) is 11.5 Å². The van der Waals surface area contributed by atoms with Crippen molar-refractivity contribution in [2.45, 2.75) is 62.2 Å². The SMILES string of the molecule is C/C=C/CCC1COC(C(F)(F)C(F)(F)c2ccc(C(F)(F)Oc3cc(F)c(C(F)(F)C(F)(F)c4ccc(OC(F)(F)F)c(F)c4)c(F)c3)cc2)OC1. The standard InChI is InChI=1S/C33H24F16O4/c1-2-3-4-5-17-15-50-27(51-16-17)31(43,44)28(37,38)18-6-8-19(9-7-18)32(45,46)52-21-13-23(35)26(24(36)14-21)30(41,42)29(39,40)20-10-11-25(22(34)12-20)53-33(47,48)49/h2-3,6-14,17,27H,4-5,15-16H2,1H3/b3-2+. The van der Waals surface area contributed by atoms with E-state index in [-0.39, 0.29) is 55.5 Å². The first-order valence-electron chi connectivity index (χ1n) is 14.9. The number of allylic oxidation sites excluding steroid dienone is 2. The van der Waals surface area contributed by atoms with Gasteiger partial charge in [-0.2, -0.15) is 43.9 Å². The lowest BCUT2D eigenvalue weighted by atomic mass is 9.95. The highest BCUT2D eigenvalue weighted by atomic mass is 19.4. The largest absolute Gasteiger partial charge is 0.573 e. The Labute approximate surface area is 288 Å². The minimum atomic E-state index is -5.95. The smallest absolute Gasteiger partial charge is 0.429 e. The molecule has 1 aliphatic rings. The maximum Gasteiger partial charge on any atom is 0.573 e. The molecule has 0 aromatic heterocycles. The first-order valence-corrected chi connectivity index (χ1v) is 14.9. The van der Waals surface area contributed by atoms with E-state index in [1.807, 2.05) is 0 Å². The molecule has 1 heterocycles. The predicted molar refractivity (Wildman–Crippen MR) is 150 cm³/mol. The number of benzene rings is 3. The van der Waals surface area contributed by atoms with Crippen LogP contribution < -0.4 is 9.47 Å². The van der Waals surface area contributed by atoms with E-state index in [0.29, 0.717) is 12.8 Å². The molecule has 0 radical (unpaired) electrons. The van der Waals surface area contributed by atoms with Crippen LogP contribution in [0.15, 0.2) is 66.7 Å². The van der Waals surface area contributed by atoms with Crippen LogP contribution in [0.5, 0.6) is 11.5 Å². The van der Waals surface area contributed by atoms with Gasteiger partial charge in [-0.05, 0) is 50.1 Å². The molecule has 0 spiro atoms. The van der Waals surface area contributed by atoms with Crippen LogP contribution in [0.1, 0.15) is 42.0 Å². The molecule has 0 saturated carbocycles. The van der Waals surface area contributed by atoms with Crippen molar-refractivity contribution in [1.29, 1.82) is 0 Å². The highest BCUT2D eigenvalue weighted by Crippen LogP contribution is 2.52. The van der Waals surface area contributed by atoms with E-state index < -0.39 is 112 Å². The number of hydrogen-bond acceptors (Lipinski definition) is 4. The molecule has 1 aliphatic heterocycles. The lowest BCUT2D eigenvalue weighted by Gasteiger charge is -2.37. The van der Waals surface area contributed by atoms with Gasteiger partial charge < -0.3 is 18.9 Å². The Morgan fingerprint density at radius 2 is 1.17 bits per heavy atom. The van der Waals surface area contributed by atoms with Gasteiger partial charge in [0, 0.05) is 29.2 Å². The number of ether oxygens (including phenoxy) is 4. The maximum absolute atomic E-state index is 14.9. The van der Waals surface area contributed by atoms with E-state index in [0.717, 1.165) is 0 Å². The van der Waals surface area contributed by atoms with Crippen molar-refractivity contribution in [2.75, 3.05) is 13.2 Å². The van der Waals surface area contributed by atoms with Crippen molar-refractivity contribution < 1.29 is 89.2 Å². The van der Waals surface area contributed by atoms with Gasteiger partial charge in [0.1, 0.15) is 17.4 Å². The second-order valence-electron chi connectivity index (χ2n) is 11.5. The van der Waals surface area contributed by atoms with Crippen LogP contribution >= 0.6 is 0 Å². The van der Waals surface area contributed by atoms with Gasteiger partial charge in [-0.15, -0.1) is 13.2 Å². The Hall–Kier alpha value is -4.20. The highest BCUT2D eigenvalue weighted by Gasteiger charge is 2.64. The molecule has 3 aromatic carbocycles. The molecule has 20 heteroatoms. The third-order valence-electron chi connectivity index (χ3n) is 7.73.